The SMILES string of the molecule is C=C1[C@@H](OC(=O)[C@H](OC(C)=O)[C@H](c2ccccc2)N(C)C)C[C@H](O)[C@]2(C)[C@@H]1C[C@@H]1C[C@H](OC(C)=O)C(C)=C([C@@H](OC(C)=O)[C@@H]2OC(C)=O)C1(C)C. The minimum Gasteiger partial charge on any atom is -0.458 e. The van der Waals surface area contributed by atoms with Gasteiger partial charge in [-0.25, -0.2) is 4.79 Å². The van der Waals surface area contributed by atoms with Crippen LogP contribution in [0.2, 0.25) is 0 Å². The molecule has 12 heteroatoms. The molecule has 12 nitrogen and oxygen atoms in total. The molecule has 0 radical (unpaired) electrons. The summed E-state index contributed by atoms with van der Waals surface area (Å²) in [4.78, 5) is 66.0. The van der Waals surface area contributed by atoms with Crippen LogP contribution < -0.4 is 0 Å². The Morgan fingerprint density at radius 2 is 1.41 bits per heavy atom. The van der Waals surface area contributed by atoms with E-state index in [-0.39, 0.29) is 12.3 Å². The summed E-state index contributed by atoms with van der Waals surface area (Å²) < 4.78 is 29.6. The highest BCUT2D eigenvalue weighted by molar-refractivity contribution is 5.80. The van der Waals surface area contributed by atoms with Gasteiger partial charge in [-0.05, 0) is 73.4 Å². The third-order valence-electron chi connectivity index (χ3n) is 11.2. The molecule has 3 aliphatic carbocycles. The third kappa shape index (κ3) is 7.91. The van der Waals surface area contributed by atoms with Crippen molar-refractivity contribution >= 4 is 29.8 Å². The molecule has 0 unspecified atom stereocenters. The maximum absolute atomic E-state index is 14.1. The van der Waals surface area contributed by atoms with Gasteiger partial charge in [0.2, 0.25) is 6.10 Å². The Labute approximate surface area is 300 Å². The van der Waals surface area contributed by atoms with Gasteiger partial charge in [-0.3, -0.25) is 24.1 Å². The van der Waals surface area contributed by atoms with Gasteiger partial charge in [-0.15, -0.1) is 0 Å². The first-order chi connectivity index (χ1) is 23.7. The maximum atomic E-state index is 14.1. The van der Waals surface area contributed by atoms with E-state index < -0.39 is 89.3 Å². The van der Waals surface area contributed by atoms with Crippen molar-refractivity contribution in [2.24, 2.45) is 22.7 Å². The van der Waals surface area contributed by atoms with Crippen molar-refractivity contribution in [3.63, 3.8) is 0 Å². The Balaban J connectivity index is 1.83. The molecule has 1 N–H and O–H groups in total. The molecule has 0 saturated heterocycles. The number of carbonyl (C=O) groups is 5. The molecule has 2 fully saturated rings. The normalized spacial score (nSPS) is 31.2. The predicted molar refractivity (Wildman–Crippen MR) is 186 cm³/mol. The lowest BCUT2D eigenvalue weighted by atomic mass is 9.49. The molecule has 1 aromatic rings. The molecule has 0 aliphatic heterocycles. The largest absolute Gasteiger partial charge is 0.458 e. The zero-order valence-corrected chi connectivity index (χ0v) is 31.4. The van der Waals surface area contributed by atoms with Crippen LogP contribution in [0.3, 0.4) is 0 Å². The number of fused-ring (bicyclic) bond motifs is 3. The van der Waals surface area contributed by atoms with Gasteiger partial charge in [0.05, 0.1) is 12.1 Å². The van der Waals surface area contributed by atoms with Crippen LogP contribution in [0, 0.1) is 22.7 Å². The van der Waals surface area contributed by atoms with E-state index in [9.17, 15) is 29.1 Å². The van der Waals surface area contributed by atoms with Crippen LogP contribution in [-0.2, 0) is 47.7 Å². The van der Waals surface area contributed by atoms with E-state index >= 15 is 0 Å². The van der Waals surface area contributed by atoms with Gasteiger partial charge < -0.3 is 28.8 Å². The summed E-state index contributed by atoms with van der Waals surface area (Å²) in [6.45, 7) is 17.1. The van der Waals surface area contributed by atoms with E-state index in [1.807, 2.05) is 51.1 Å². The molecule has 3 aliphatic rings. The Morgan fingerprint density at radius 3 is 1.94 bits per heavy atom. The van der Waals surface area contributed by atoms with Crippen LogP contribution in [0.5, 0.6) is 0 Å². The first-order valence-corrected chi connectivity index (χ1v) is 17.4. The molecular weight excluding hydrogens is 658 g/mol. The number of aliphatic hydroxyl groups excluding tert-OH is 1. The van der Waals surface area contributed by atoms with Crippen molar-refractivity contribution < 1.29 is 52.8 Å². The lowest BCUT2D eigenvalue weighted by Crippen LogP contribution is -2.64. The highest BCUT2D eigenvalue weighted by Crippen LogP contribution is 2.60. The third-order valence-corrected chi connectivity index (χ3v) is 11.2. The molecule has 51 heavy (non-hydrogen) atoms. The van der Waals surface area contributed by atoms with Crippen molar-refractivity contribution in [2.75, 3.05) is 14.1 Å². The van der Waals surface area contributed by atoms with E-state index in [4.69, 9.17) is 23.7 Å². The fourth-order valence-electron chi connectivity index (χ4n) is 8.78. The summed E-state index contributed by atoms with van der Waals surface area (Å²) in [5.41, 5.74) is 0.612. The molecule has 0 heterocycles. The number of aliphatic hydroxyl groups is 1. The number of nitrogens with zero attached hydrogens (tertiary/aromatic N) is 1. The second-order valence-corrected chi connectivity index (χ2v) is 15.2. The highest BCUT2D eigenvalue weighted by atomic mass is 16.6. The summed E-state index contributed by atoms with van der Waals surface area (Å²) in [5.74, 6) is -4.08. The number of hydrogen-bond acceptors (Lipinski definition) is 12. The minimum atomic E-state index is -1.35. The zero-order valence-electron chi connectivity index (χ0n) is 31.4. The van der Waals surface area contributed by atoms with Gasteiger partial charge in [0, 0.05) is 39.5 Å². The van der Waals surface area contributed by atoms with E-state index in [1.54, 1.807) is 25.9 Å². The summed E-state index contributed by atoms with van der Waals surface area (Å²) in [7, 11) is 3.53. The van der Waals surface area contributed by atoms with Crippen LogP contribution in [0.4, 0.5) is 0 Å². The molecule has 10 atom stereocenters. The quantitative estimate of drug-likeness (QED) is 0.216. The van der Waals surface area contributed by atoms with Crippen LogP contribution in [-0.4, -0.2) is 90.6 Å². The maximum Gasteiger partial charge on any atom is 0.350 e. The van der Waals surface area contributed by atoms with Gasteiger partial charge in [-0.1, -0.05) is 57.7 Å². The minimum absolute atomic E-state index is 0.116. The predicted octanol–water partition coefficient (Wildman–Crippen LogP) is 4.64. The van der Waals surface area contributed by atoms with Crippen LogP contribution in [0.1, 0.15) is 86.3 Å². The average Bonchev–Trinajstić information content (AvgIpc) is 3.01. The van der Waals surface area contributed by atoms with Gasteiger partial charge >= 0.3 is 29.8 Å². The lowest BCUT2D eigenvalue weighted by molar-refractivity contribution is -0.207. The number of benzene rings is 1. The molecule has 0 aromatic heterocycles. The Bertz CT molecular complexity index is 1570. The first kappa shape index (κ1) is 39.8. The number of ether oxygens (including phenoxy) is 5. The molecule has 4 rings (SSSR count). The summed E-state index contributed by atoms with van der Waals surface area (Å²) in [5, 5.41) is 12.2. The van der Waals surface area contributed by atoms with Crippen LogP contribution in [0.15, 0.2) is 53.6 Å². The fourth-order valence-corrected chi connectivity index (χ4v) is 8.78. The Hall–Kier alpha value is -4.03. The van der Waals surface area contributed by atoms with E-state index in [2.05, 4.69) is 6.58 Å². The van der Waals surface area contributed by atoms with Gasteiger partial charge in [-0.2, -0.15) is 0 Å². The van der Waals surface area contributed by atoms with Gasteiger partial charge in [0.1, 0.15) is 12.2 Å². The van der Waals surface area contributed by atoms with E-state index in [0.717, 1.165) is 5.56 Å². The van der Waals surface area contributed by atoms with Crippen LogP contribution >= 0.6 is 0 Å². The van der Waals surface area contributed by atoms with Crippen molar-refractivity contribution in [1.82, 2.24) is 4.90 Å². The first-order valence-electron chi connectivity index (χ1n) is 17.4. The zero-order chi connectivity index (χ0) is 38.2. The standard InChI is InChI=1S/C39H53NO11/c1-20-28-17-27-18-29(47-22(3)41)21(2)32(38(27,7)8)34(48-23(4)42)36(50-25(6)44)39(28,9)31(45)19-30(20)51-37(46)35(49-24(5)43)33(40(10)11)26-15-13-12-14-16-26/h12-16,27-31,33-36,45H,1,17-19H2,2-11H3/t27-,28-,29+,30+,31+,33+,34-,35-,36+,39+/m1/s1. The van der Waals surface area contributed by atoms with Crippen molar-refractivity contribution in [2.45, 2.75) is 117 Å². The topological polar surface area (TPSA) is 155 Å². The summed E-state index contributed by atoms with van der Waals surface area (Å²) in [6.07, 6.45) is -5.89. The monoisotopic (exact) mass is 711 g/mol. The van der Waals surface area contributed by atoms with Gasteiger partial charge in [0.15, 0.2) is 12.2 Å². The Morgan fingerprint density at radius 1 is 0.824 bits per heavy atom. The molecule has 2 saturated carbocycles. The highest BCUT2D eigenvalue weighted by Gasteiger charge is 2.63. The number of likely N-dealkylation sites (N-methyl/N-ethyl adjacent to an activating group) is 1. The number of carbonyl (C=O) groups excluding carboxylic acids is 5. The number of rotatable bonds is 9. The lowest BCUT2D eigenvalue weighted by Gasteiger charge is -2.59. The van der Waals surface area contributed by atoms with E-state index in [1.165, 1.54) is 27.7 Å². The molecular formula is C39H53NO11. The summed E-state index contributed by atoms with van der Waals surface area (Å²) in [6, 6.07) is 8.44. The molecule has 280 valence electrons. The molecule has 0 amide bonds. The second kappa shape index (κ2) is 15.3. The number of esters is 5. The van der Waals surface area contributed by atoms with Crippen LogP contribution in [0.25, 0.3) is 0 Å². The average molecular weight is 712 g/mol. The Kier molecular flexibility index (Phi) is 11.9. The molecule has 0 spiro atoms. The van der Waals surface area contributed by atoms with Crippen molar-refractivity contribution in [3.05, 3.63) is 59.2 Å². The van der Waals surface area contributed by atoms with E-state index in [0.29, 0.717) is 29.6 Å². The second-order valence-electron chi connectivity index (χ2n) is 15.2. The summed E-state index contributed by atoms with van der Waals surface area (Å²) >= 11 is 0. The van der Waals surface area contributed by atoms with Gasteiger partial charge in [0.25, 0.3) is 0 Å². The smallest absolute Gasteiger partial charge is 0.350 e. The fraction of sp³-hybridized carbons (Fsp3) is 0.615. The van der Waals surface area contributed by atoms with Crippen molar-refractivity contribution in [1.29, 1.82) is 0 Å². The van der Waals surface area contributed by atoms with Crippen molar-refractivity contribution in [3.8, 4) is 0 Å². The molecule has 1 aromatic carbocycles. The molecule has 2 bridgehead atoms. The number of hydrogen-bond donors (Lipinski definition) is 1.